The van der Waals surface area contributed by atoms with E-state index in [9.17, 15) is 0 Å². The first-order chi connectivity index (χ1) is 12.8. The number of guanidine groups is 1. The van der Waals surface area contributed by atoms with Crippen LogP contribution in [-0.4, -0.2) is 87.8 Å². The van der Waals surface area contributed by atoms with Gasteiger partial charge in [-0.25, -0.2) is 0 Å². The van der Waals surface area contributed by atoms with Gasteiger partial charge in [0.05, 0.1) is 5.00 Å². The highest BCUT2D eigenvalue weighted by molar-refractivity contribution is 7.14. The molecule has 1 aromatic rings. The topological polar surface area (TPSA) is 46.1 Å². The highest BCUT2D eigenvalue weighted by atomic mass is 32.1. The van der Waals surface area contributed by atoms with E-state index >= 15 is 0 Å². The summed E-state index contributed by atoms with van der Waals surface area (Å²) in [6.07, 6.45) is 2.33. The van der Waals surface area contributed by atoms with Crippen LogP contribution < -0.4 is 15.5 Å². The summed E-state index contributed by atoms with van der Waals surface area (Å²) in [5.74, 6) is 0.951. The molecule has 146 valence electrons. The van der Waals surface area contributed by atoms with Crippen molar-refractivity contribution in [2.24, 2.45) is 4.99 Å². The standard InChI is InChI=1S/C19H34N6S/c1-3-23-12-14-24(15-13-23)11-8-21-19(20-2)22-17-6-9-25(10-7-17)18-5-4-16-26-18/h4-5,16-17H,3,6-15H2,1-2H3,(H2,20,21,22). The Bertz CT molecular complexity index is 530. The Hall–Kier alpha value is -1.31. The lowest BCUT2D eigenvalue weighted by Crippen LogP contribution is -2.51. The number of piperidine rings is 1. The maximum Gasteiger partial charge on any atom is 0.191 e. The van der Waals surface area contributed by atoms with Gasteiger partial charge in [0.15, 0.2) is 5.96 Å². The van der Waals surface area contributed by atoms with E-state index in [4.69, 9.17) is 0 Å². The molecule has 0 amide bonds. The Kier molecular flexibility index (Phi) is 7.58. The number of nitrogens with one attached hydrogen (secondary N) is 2. The Morgan fingerprint density at radius 2 is 1.88 bits per heavy atom. The fourth-order valence-electron chi connectivity index (χ4n) is 3.74. The highest BCUT2D eigenvalue weighted by Crippen LogP contribution is 2.24. The molecule has 2 aliphatic heterocycles. The average molecular weight is 379 g/mol. The molecule has 2 fully saturated rings. The maximum atomic E-state index is 4.42. The van der Waals surface area contributed by atoms with Crippen LogP contribution in [0.5, 0.6) is 0 Å². The smallest absolute Gasteiger partial charge is 0.191 e. The minimum Gasteiger partial charge on any atom is -0.363 e. The number of rotatable bonds is 6. The van der Waals surface area contributed by atoms with Gasteiger partial charge < -0.3 is 20.4 Å². The molecule has 2 aliphatic rings. The van der Waals surface area contributed by atoms with E-state index in [2.05, 4.69) is 54.8 Å². The van der Waals surface area contributed by atoms with Crippen LogP contribution in [-0.2, 0) is 0 Å². The summed E-state index contributed by atoms with van der Waals surface area (Å²) >= 11 is 1.84. The van der Waals surface area contributed by atoms with Crippen LogP contribution in [0.15, 0.2) is 22.5 Å². The third-order valence-electron chi connectivity index (χ3n) is 5.51. The van der Waals surface area contributed by atoms with Crippen molar-refractivity contribution >= 4 is 22.3 Å². The first-order valence-corrected chi connectivity index (χ1v) is 10.9. The van der Waals surface area contributed by atoms with Gasteiger partial charge >= 0.3 is 0 Å². The second kappa shape index (κ2) is 10.1. The fraction of sp³-hybridized carbons (Fsp3) is 0.737. The van der Waals surface area contributed by atoms with Crippen molar-refractivity contribution in [2.75, 3.05) is 70.9 Å². The van der Waals surface area contributed by atoms with Crippen molar-refractivity contribution in [1.82, 2.24) is 20.4 Å². The van der Waals surface area contributed by atoms with Crippen LogP contribution in [0, 0.1) is 0 Å². The van der Waals surface area contributed by atoms with Crippen LogP contribution in [0.1, 0.15) is 19.8 Å². The predicted octanol–water partition coefficient (Wildman–Crippen LogP) is 1.52. The number of thiophene rings is 1. The van der Waals surface area contributed by atoms with Gasteiger partial charge in [-0.3, -0.25) is 9.89 Å². The maximum absolute atomic E-state index is 4.42. The number of nitrogens with zero attached hydrogens (tertiary/aromatic N) is 4. The third kappa shape index (κ3) is 5.59. The Balaban J connectivity index is 1.32. The fourth-order valence-corrected chi connectivity index (χ4v) is 4.53. The van der Waals surface area contributed by atoms with Crippen LogP contribution >= 0.6 is 11.3 Å². The van der Waals surface area contributed by atoms with Crippen LogP contribution in [0.4, 0.5) is 5.00 Å². The molecule has 0 spiro atoms. The highest BCUT2D eigenvalue weighted by Gasteiger charge is 2.21. The van der Waals surface area contributed by atoms with E-state index < -0.39 is 0 Å². The summed E-state index contributed by atoms with van der Waals surface area (Å²) in [6, 6.07) is 4.88. The van der Waals surface area contributed by atoms with Gasteiger partial charge in [-0.05, 0) is 36.9 Å². The lowest BCUT2D eigenvalue weighted by Gasteiger charge is -2.35. The molecule has 0 unspecified atom stereocenters. The summed E-state index contributed by atoms with van der Waals surface area (Å²) in [5, 5.41) is 10.7. The molecule has 7 heteroatoms. The van der Waals surface area contributed by atoms with Gasteiger partial charge in [0.2, 0.25) is 0 Å². The van der Waals surface area contributed by atoms with E-state index in [1.807, 2.05) is 18.4 Å². The largest absolute Gasteiger partial charge is 0.363 e. The number of aliphatic imine (C=N–C) groups is 1. The average Bonchev–Trinajstić information content (AvgIpc) is 3.23. The van der Waals surface area contributed by atoms with Crippen molar-refractivity contribution in [1.29, 1.82) is 0 Å². The predicted molar refractivity (Wildman–Crippen MR) is 113 cm³/mol. The summed E-state index contributed by atoms with van der Waals surface area (Å²) in [5.41, 5.74) is 0. The minimum absolute atomic E-state index is 0.519. The summed E-state index contributed by atoms with van der Waals surface area (Å²) in [7, 11) is 1.87. The van der Waals surface area contributed by atoms with E-state index in [0.717, 1.165) is 45.0 Å². The van der Waals surface area contributed by atoms with E-state index in [1.54, 1.807) is 0 Å². The molecule has 0 atom stereocenters. The number of anilines is 1. The summed E-state index contributed by atoms with van der Waals surface area (Å²) in [4.78, 5) is 12.0. The lowest BCUT2D eigenvalue weighted by atomic mass is 10.1. The van der Waals surface area contributed by atoms with Crippen LogP contribution in [0.2, 0.25) is 0 Å². The van der Waals surface area contributed by atoms with Crippen molar-refractivity contribution in [3.05, 3.63) is 17.5 Å². The first-order valence-electron chi connectivity index (χ1n) is 9.99. The molecule has 0 aliphatic carbocycles. The number of hydrogen-bond acceptors (Lipinski definition) is 5. The number of hydrogen-bond donors (Lipinski definition) is 2. The van der Waals surface area contributed by atoms with E-state index in [-0.39, 0.29) is 0 Å². The van der Waals surface area contributed by atoms with Gasteiger partial charge in [0, 0.05) is 65.4 Å². The number of likely N-dealkylation sites (N-methyl/N-ethyl adjacent to an activating group) is 1. The zero-order valence-corrected chi connectivity index (χ0v) is 17.1. The monoisotopic (exact) mass is 378 g/mol. The zero-order chi connectivity index (χ0) is 18.2. The summed E-state index contributed by atoms with van der Waals surface area (Å²) < 4.78 is 0. The molecule has 1 aromatic heterocycles. The Morgan fingerprint density at radius 3 is 2.50 bits per heavy atom. The molecule has 0 aromatic carbocycles. The van der Waals surface area contributed by atoms with Crippen molar-refractivity contribution < 1.29 is 0 Å². The molecule has 0 saturated carbocycles. The first kappa shape index (κ1) is 19.5. The normalized spacial score (nSPS) is 21.2. The lowest BCUT2D eigenvalue weighted by molar-refractivity contribution is 0.139. The van der Waals surface area contributed by atoms with Crippen molar-refractivity contribution in [2.45, 2.75) is 25.8 Å². The number of piperazine rings is 1. The van der Waals surface area contributed by atoms with Gasteiger partial charge in [-0.2, -0.15) is 0 Å². The van der Waals surface area contributed by atoms with Gasteiger partial charge in [0.1, 0.15) is 0 Å². The molecular formula is C19H34N6S. The van der Waals surface area contributed by atoms with Crippen molar-refractivity contribution in [3.63, 3.8) is 0 Å². The third-order valence-corrected chi connectivity index (χ3v) is 6.44. The van der Waals surface area contributed by atoms with E-state index in [0.29, 0.717) is 6.04 Å². The van der Waals surface area contributed by atoms with Gasteiger partial charge in [0.25, 0.3) is 0 Å². The molecule has 0 radical (unpaired) electrons. The van der Waals surface area contributed by atoms with Crippen LogP contribution in [0.3, 0.4) is 0 Å². The quantitative estimate of drug-likeness (QED) is 0.581. The second-order valence-electron chi connectivity index (χ2n) is 7.13. The van der Waals surface area contributed by atoms with E-state index in [1.165, 1.54) is 37.7 Å². The minimum atomic E-state index is 0.519. The van der Waals surface area contributed by atoms with Crippen molar-refractivity contribution in [3.8, 4) is 0 Å². The molecule has 2 saturated heterocycles. The SMILES string of the molecule is CCN1CCN(CCNC(=NC)NC2CCN(c3cccs3)CC2)CC1. The molecule has 3 heterocycles. The van der Waals surface area contributed by atoms with Crippen LogP contribution in [0.25, 0.3) is 0 Å². The Morgan fingerprint density at radius 1 is 1.15 bits per heavy atom. The van der Waals surface area contributed by atoms with Gasteiger partial charge in [-0.15, -0.1) is 11.3 Å². The zero-order valence-electron chi connectivity index (χ0n) is 16.3. The molecule has 2 N–H and O–H groups in total. The summed E-state index contributed by atoms with van der Waals surface area (Å²) in [6.45, 7) is 12.5. The molecular weight excluding hydrogens is 344 g/mol. The molecule has 26 heavy (non-hydrogen) atoms. The second-order valence-corrected chi connectivity index (χ2v) is 8.06. The molecule has 3 rings (SSSR count). The molecule has 6 nitrogen and oxygen atoms in total. The molecule has 0 bridgehead atoms. The Labute approximate surface area is 162 Å². The van der Waals surface area contributed by atoms with Gasteiger partial charge in [-0.1, -0.05) is 6.92 Å².